The van der Waals surface area contributed by atoms with Crippen LogP contribution in [0, 0.1) is 27.7 Å². The summed E-state index contributed by atoms with van der Waals surface area (Å²) in [5.41, 5.74) is 9.22. The van der Waals surface area contributed by atoms with Crippen molar-refractivity contribution in [2.24, 2.45) is 5.10 Å². The Bertz CT molecular complexity index is 1110. The van der Waals surface area contributed by atoms with E-state index in [-0.39, 0.29) is 12.5 Å². The number of hydrogen-bond acceptors (Lipinski definition) is 4. The van der Waals surface area contributed by atoms with Gasteiger partial charge in [-0.2, -0.15) is 5.10 Å². The Balaban J connectivity index is 1.47. The summed E-state index contributed by atoms with van der Waals surface area (Å²) in [5, 5.41) is 4.14. The summed E-state index contributed by atoms with van der Waals surface area (Å²) < 4.78 is 13.5. The third kappa shape index (κ3) is 3.94. The summed E-state index contributed by atoms with van der Waals surface area (Å²) in [6.07, 6.45) is 0.927. The maximum atomic E-state index is 12.4. The lowest BCUT2D eigenvalue weighted by molar-refractivity contribution is -0.130. The summed E-state index contributed by atoms with van der Waals surface area (Å²) in [4.78, 5) is 12.4. The fraction of sp³-hybridized carbons (Fsp3) is 0.250. The van der Waals surface area contributed by atoms with E-state index in [4.69, 9.17) is 9.47 Å². The minimum Gasteiger partial charge on any atom is -0.485 e. The summed E-state index contributed by atoms with van der Waals surface area (Å²) in [6, 6.07) is 15.8. The largest absolute Gasteiger partial charge is 0.485 e. The normalized spacial score (nSPS) is 15.4. The second-order valence-corrected chi connectivity index (χ2v) is 7.61. The number of rotatable bonds is 4. The van der Waals surface area contributed by atoms with Crippen molar-refractivity contribution in [2.75, 3.05) is 6.61 Å². The highest BCUT2D eigenvalue weighted by Crippen LogP contribution is 2.30. The molecule has 6 heteroatoms. The lowest BCUT2D eigenvalue weighted by Crippen LogP contribution is -2.42. The number of ether oxygens (including phenoxy) is 2. The summed E-state index contributed by atoms with van der Waals surface area (Å²) in [5.74, 6) is 0.859. The van der Waals surface area contributed by atoms with E-state index in [1.54, 1.807) is 12.3 Å². The van der Waals surface area contributed by atoms with Crippen molar-refractivity contribution < 1.29 is 14.3 Å². The molecule has 0 spiro atoms. The standard InChI is InChI=1S/C24H25N3O3/c1-15-9-16(2)11-20(10-15)27-17(3)12-19(18(27)4)13-25-26-24(28)23-14-29-21-7-5-6-8-22(21)30-23/h5-13,23H,14H2,1-4H3,(H,26,28)/b25-13-/t23-/m1/s1. The number of hydrogen-bond donors (Lipinski definition) is 1. The van der Waals surface area contributed by atoms with Crippen LogP contribution in [-0.4, -0.2) is 29.4 Å². The minimum atomic E-state index is -0.736. The summed E-state index contributed by atoms with van der Waals surface area (Å²) in [6.45, 7) is 8.45. The van der Waals surface area contributed by atoms with E-state index >= 15 is 0 Å². The van der Waals surface area contributed by atoms with Crippen molar-refractivity contribution in [1.82, 2.24) is 9.99 Å². The second kappa shape index (κ2) is 8.06. The molecule has 154 valence electrons. The minimum absolute atomic E-state index is 0.152. The third-order valence-corrected chi connectivity index (χ3v) is 5.11. The molecule has 0 aliphatic carbocycles. The predicted octanol–water partition coefficient (Wildman–Crippen LogP) is 4.00. The van der Waals surface area contributed by atoms with E-state index in [0.29, 0.717) is 11.5 Å². The van der Waals surface area contributed by atoms with Crippen molar-refractivity contribution in [1.29, 1.82) is 0 Å². The van der Waals surface area contributed by atoms with Crippen molar-refractivity contribution in [3.8, 4) is 17.2 Å². The zero-order valence-electron chi connectivity index (χ0n) is 17.6. The number of para-hydroxylation sites is 2. The van der Waals surface area contributed by atoms with Gasteiger partial charge in [-0.25, -0.2) is 5.43 Å². The van der Waals surface area contributed by atoms with E-state index in [9.17, 15) is 4.79 Å². The van der Waals surface area contributed by atoms with Crippen LogP contribution in [0.4, 0.5) is 0 Å². The average Bonchev–Trinajstić information content (AvgIpc) is 3.00. The zero-order valence-corrected chi connectivity index (χ0v) is 17.6. The van der Waals surface area contributed by atoms with Crippen LogP contribution in [0.3, 0.4) is 0 Å². The lowest BCUT2D eigenvalue weighted by atomic mass is 10.1. The maximum absolute atomic E-state index is 12.4. The molecule has 6 nitrogen and oxygen atoms in total. The van der Waals surface area contributed by atoms with E-state index < -0.39 is 6.10 Å². The van der Waals surface area contributed by atoms with Gasteiger partial charge in [-0.1, -0.05) is 18.2 Å². The van der Waals surface area contributed by atoms with Crippen LogP contribution in [0.25, 0.3) is 5.69 Å². The first kappa shape index (κ1) is 19.8. The number of nitrogens with one attached hydrogen (secondary N) is 1. The molecule has 1 amide bonds. The number of aromatic nitrogens is 1. The van der Waals surface area contributed by atoms with Gasteiger partial charge in [0.05, 0.1) is 6.21 Å². The van der Waals surface area contributed by atoms with Crippen LogP contribution in [0.15, 0.2) is 53.6 Å². The summed E-state index contributed by atoms with van der Waals surface area (Å²) >= 11 is 0. The van der Waals surface area contributed by atoms with Crippen molar-refractivity contribution in [2.45, 2.75) is 33.8 Å². The van der Waals surface area contributed by atoms with Crippen LogP contribution in [-0.2, 0) is 4.79 Å². The molecule has 1 N–H and O–H groups in total. The van der Waals surface area contributed by atoms with E-state index in [1.165, 1.54) is 11.1 Å². The molecule has 2 heterocycles. The fourth-order valence-corrected chi connectivity index (χ4v) is 3.78. The number of carbonyl (C=O) groups is 1. The highest BCUT2D eigenvalue weighted by Gasteiger charge is 2.27. The molecule has 0 fully saturated rings. The molecular weight excluding hydrogens is 378 g/mol. The Morgan fingerprint density at radius 2 is 1.77 bits per heavy atom. The van der Waals surface area contributed by atoms with Gasteiger partial charge >= 0.3 is 0 Å². The highest BCUT2D eigenvalue weighted by atomic mass is 16.6. The maximum Gasteiger partial charge on any atom is 0.284 e. The van der Waals surface area contributed by atoms with Gasteiger partial charge in [0, 0.05) is 22.6 Å². The molecule has 1 aliphatic rings. The molecule has 0 radical (unpaired) electrons. The van der Waals surface area contributed by atoms with Gasteiger partial charge in [0.15, 0.2) is 11.5 Å². The van der Waals surface area contributed by atoms with E-state index in [0.717, 1.165) is 22.6 Å². The van der Waals surface area contributed by atoms with Gasteiger partial charge in [0.2, 0.25) is 6.10 Å². The molecule has 0 unspecified atom stereocenters. The Labute approximate surface area is 176 Å². The molecule has 4 rings (SSSR count). The van der Waals surface area contributed by atoms with Crippen molar-refractivity contribution in [3.05, 3.63) is 76.6 Å². The Kier molecular flexibility index (Phi) is 5.31. The van der Waals surface area contributed by atoms with Gasteiger partial charge in [0.25, 0.3) is 5.91 Å². The Morgan fingerprint density at radius 3 is 2.50 bits per heavy atom. The molecule has 0 saturated heterocycles. The van der Waals surface area contributed by atoms with Gasteiger partial charge in [-0.05, 0) is 69.2 Å². The number of nitrogens with zero attached hydrogens (tertiary/aromatic N) is 2. The number of hydrazone groups is 1. The topological polar surface area (TPSA) is 64.9 Å². The van der Waals surface area contributed by atoms with Gasteiger partial charge in [-0.15, -0.1) is 0 Å². The lowest BCUT2D eigenvalue weighted by Gasteiger charge is -2.24. The number of carbonyl (C=O) groups excluding carboxylic acids is 1. The van der Waals surface area contributed by atoms with Crippen LogP contribution >= 0.6 is 0 Å². The quantitative estimate of drug-likeness (QED) is 0.529. The molecule has 30 heavy (non-hydrogen) atoms. The third-order valence-electron chi connectivity index (χ3n) is 5.11. The Morgan fingerprint density at radius 1 is 1.07 bits per heavy atom. The van der Waals surface area contributed by atoms with Crippen molar-refractivity contribution in [3.63, 3.8) is 0 Å². The molecule has 0 saturated carbocycles. The SMILES string of the molecule is Cc1cc(C)cc(-n2c(C)cc(/C=N\NC(=O)[C@H]3COc4ccccc4O3)c2C)c1. The molecular formula is C24H25N3O3. The predicted molar refractivity (Wildman–Crippen MR) is 117 cm³/mol. The summed E-state index contributed by atoms with van der Waals surface area (Å²) in [7, 11) is 0. The number of fused-ring (bicyclic) bond motifs is 1. The number of amides is 1. The van der Waals surface area contributed by atoms with Crippen LogP contribution < -0.4 is 14.9 Å². The smallest absolute Gasteiger partial charge is 0.284 e. The molecule has 1 aliphatic heterocycles. The molecule has 1 atom stereocenters. The van der Waals surface area contributed by atoms with Crippen molar-refractivity contribution >= 4 is 12.1 Å². The number of benzene rings is 2. The molecule has 0 bridgehead atoms. The van der Waals surface area contributed by atoms with E-state index in [1.807, 2.05) is 25.1 Å². The van der Waals surface area contributed by atoms with Crippen LogP contribution in [0.5, 0.6) is 11.5 Å². The average molecular weight is 403 g/mol. The fourth-order valence-electron chi connectivity index (χ4n) is 3.78. The first-order valence-corrected chi connectivity index (χ1v) is 9.91. The Hall–Kier alpha value is -3.54. The first-order valence-electron chi connectivity index (χ1n) is 9.91. The van der Waals surface area contributed by atoms with Gasteiger partial charge in [0.1, 0.15) is 6.61 Å². The van der Waals surface area contributed by atoms with Gasteiger partial charge < -0.3 is 14.0 Å². The van der Waals surface area contributed by atoms with Crippen LogP contribution in [0.2, 0.25) is 0 Å². The monoisotopic (exact) mass is 403 g/mol. The zero-order chi connectivity index (χ0) is 21.3. The second-order valence-electron chi connectivity index (χ2n) is 7.61. The van der Waals surface area contributed by atoms with E-state index in [2.05, 4.69) is 60.1 Å². The molecule has 3 aromatic rings. The van der Waals surface area contributed by atoms with Gasteiger partial charge in [-0.3, -0.25) is 4.79 Å². The van der Waals surface area contributed by atoms with Crippen LogP contribution in [0.1, 0.15) is 28.1 Å². The molecule has 2 aromatic carbocycles. The molecule has 1 aromatic heterocycles. The first-order chi connectivity index (χ1) is 14.4. The highest BCUT2D eigenvalue weighted by molar-refractivity contribution is 5.86. The number of aryl methyl sites for hydroxylation is 3.